The van der Waals surface area contributed by atoms with Crippen molar-refractivity contribution in [2.24, 2.45) is 5.73 Å². The van der Waals surface area contributed by atoms with E-state index in [0.29, 0.717) is 25.3 Å². The molecule has 1 aliphatic rings. The third kappa shape index (κ3) is 6.31. The van der Waals surface area contributed by atoms with E-state index in [1.54, 1.807) is 0 Å². The summed E-state index contributed by atoms with van der Waals surface area (Å²) >= 11 is 0. The maximum Gasteiger partial charge on any atom is 0.228 e. The Bertz CT molecular complexity index is 850. The molecule has 0 aromatic heterocycles. The minimum absolute atomic E-state index is 0. The highest BCUT2D eigenvalue weighted by molar-refractivity contribution is 5.99. The van der Waals surface area contributed by atoms with Crippen molar-refractivity contribution in [1.29, 1.82) is 0 Å². The summed E-state index contributed by atoms with van der Waals surface area (Å²) in [4.78, 5) is 23.5. The van der Waals surface area contributed by atoms with Crippen LogP contribution in [0.1, 0.15) is 60.9 Å². The van der Waals surface area contributed by atoms with E-state index >= 15 is 0 Å². The first-order chi connectivity index (χ1) is 13.4. The Labute approximate surface area is 178 Å². The van der Waals surface area contributed by atoms with Crippen LogP contribution in [0.15, 0.2) is 42.5 Å². The minimum Gasteiger partial charge on any atom is -0.354 e. The molecule has 0 radical (unpaired) electrons. The van der Waals surface area contributed by atoms with E-state index in [4.69, 9.17) is 5.73 Å². The van der Waals surface area contributed by atoms with Crippen LogP contribution in [0, 0.1) is 0 Å². The number of aryl methyl sites for hydroxylation is 1. The molecule has 4 N–H and O–H groups in total. The number of nitrogens with two attached hydrogens (primary N) is 1. The largest absolute Gasteiger partial charge is 0.354 e. The molecule has 0 bridgehead atoms. The highest BCUT2D eigenvalue weighted by atomic mass is 35.5. The number of carbonyl (C=O) groups excluding carboxylic acids is 2. The second-order valence-corrected chi connectivity index (χ2v) is 7.80. The summed E-state index contributed by atoms with van der Waals surface area (Å²) in [7, 11) is 0. The second-order valence-electron chi connectivity index (χ2n) is 7.80. The van der Waals surface area contributed by atoms with Gasteiger partial charge in [0.25, 0.3) is 0 Å². The van der Waals surface area contributed by atoms with Gasteiger partial charge in [-0.2, -0.15) is 0 Å². The zero-order valence-corrected chi connectivity index (χ0v) is 17.9. The van der Waals surface area contributed by atoms with E-state index in [0.717, 1.165) is 35.2 Å². The van der Waals surface area contributed by atoms with Crippen LogP contribution < -0.4 is 16.4 Å². The summed E-state index contributed by atoms with van der Waals surface area (Å²) in [6, 6.07) is 14.1. The molecule has 3 rings (SSSR count). The molecule has 0 spiro atoms. The maximum atomic E-state index is 12.1. The molecule has 0 fully saturated rings. The van der Waals surface area contributed by atoms with Crippen LogP contribution in [-0.2, 0) is 22.4 Å². The summed E-state index contributed by atoms with van der Waals surface area (Å²) < 4.78 is 0. The molecule has 2 amide bonds. The monoisotopic (exact) mass is 415 g/mol. The Morgan fingerprint density at radius 2 is 1.83 bits per heavy atom. The fourth-order valence-corrected chi connectivity index (χ4v) is 3.45. The van der Waals surface area contributed by atoms with E-state index < -0.39 is 0 Å². The van der Waals surface area contributed by atoms with E-state index in [9.17, 15) is 9.59 Å². The lowest BCUT2D eigenvalue weighted by Gasteiger charge is -2.14. The summed E-state index contributed by atoms with van der Waals surface area (Å²) in [6.07, 6.45) is 2.49. The zero-order valence-electron chi connectivity index (χ0n) is 17.0. The van der Waals surface area contributed by atoms with Crippen LogP contribution in [0.25, 0.3) is 0 Å². The second kappa shape index (κ2) is 10.4. The minimum atomic E-state index is -0.202. The molecule has 29 heavy (non-hydrogen) atoms. The summed E-state index contributed by atoms with van der Waals surface area (Å²) in [5, 5.41) is 5.77. The van der Waals surface area contributed by atoms with Gasteiger partial charge in [0, 0.05) is 24.7 Å². The van der Waals surface area contributed by atoms with E-state index in [1.807, 2.05) is 24.3 Å². The molecular formula is C23H30ClN3O2. The number of hydrogen-bond acceptors (Lipinski definition) is 3. The molecule has 0 saturated heterocycles. The number of hydrogen-bond donors (Lipinski definition) is 3. The average molecular weight is 416 g/mol. The van der Waals surface area contributed by atoms with E-state index in [2.05, 4.69) is 42.7 Å². The lowest BCUT2D eigenvalue weighted by atomic mass is 9.99. The molecule has 0 aliphatic carbocycles. The lowest BCUT2D eigenvalue weighted by Crippen LogP contribution is -2.31. The standard InChI is InChI=1S/C23H29N3O2.ClH/c1-15(2)17-7-9-18(10-8-17)20(24)14-25-22(27)5-3-4-16-6-11-21-19(12-16)13-23(28)26-21;/h6-12,15,20H,3-5,13-14,24H2,1-2H3,(H,25,27)(H,26,28);1H. The topological polar surface area (TPSA) is 84.2 Å². The molecule has 1 aliphatic heterocycles. The third-order valence-corrected chi connectivity index (χ3v) is 5.21. The van der Waals surface area contributed by atoms with Crippen LogP contribution in [0.2, 0.25) is 0 Å². The van der Waals surface area contributed by atoms with Gasteiger partial charge in [-0.3, -0.25) is 9.59 Å². The molecule has 5 nitrogen and oxygen atoms in total. The summed E-state index contributed by atoms with van der Waals surface area (Å²) in [6.45, 7) is 4.76. The van der Waals surface area contributed by atoms with Gasteiger partial charge in [0.1, 0.15) is 0 Å². The van der Waals surface area contributed by atoms with Gasteiger partial charge in [-0.1, -0.05) is 50.2 Å². The molecule has 156 valence electrons. The molecule has 2 aromatic carbocycles. The third-order valence-electron chi connectivity index (χ3n) is 5.21. The number of anilines is 1. The number of halogens is 1. The molecular weight excluding hydrogens is 386 g/mol. The number of fused-ring (bicyclic) bond motifs is 1. The average Bonchev–Trinajstić information content (AvgIpc) is 3.05. The van der Waals surface area contributed by atoms with Crippen molar-refractivity contribution in [1.82, 2.24) is 5.32 Å². The maximum absolute atomic E-state index is 12.1. The summed E-state index contributed by atoms with van der Waals surface area (Å²) in [5.74, 6) is 0.557. The Balaban J connectivity index is 0.00000300. The number of nitrogens with one attached hydrogen (secondary N) is 2. The predicted octanol–water partition coefficient (Wildman–Crippen LogP) is 3.87. The molecule has 1 heterocycles. The lowest BCUT2D eigenvalue weighted by molar-refractivity contribution is -0.121. The Morgan fingerprint density at radius 1 is 1.14 bits per heavy atom. The highest BCUT2D eigenvalue weighted by Gasteiger charge is 2.17. The Hall–Kier alpha value is -2.37. The van der Waals surface area contributed by atoms with Gasteiger partial charge in [-0.05, 0) is 47.1 Å². The Kier molecular flexibility index (Phi) is 8.23. The van der Waals surface area contributed by atoms with Crippen molar-refractivity contribution in [2.45, 2.75) is 51.5 Å². The molecule has 1 atom stereocenters. The summed E-state index contributed by atoms with van der Waals surface area (Å²) in [5.41, 5.74) is 11.6. The zero-order chi connectivity index (χ0) is 20.1. The van der Waals surface area contributed by atoms with Gasteiger partial charge in [0.2, 0.25) is 11.8 Å². The van der Waals surface area contributed by atoms with Crippen molar-refractivity contribution in [2.75, 3.05) is 11.9 Å². The van der Waals surface area contributed by atoms with Crippen LogP contribution in [-0.4, -0.2) is 18.4 Å². The fraction of sp³-hybridized carbons (Fsp3) is 0.391. The van der Waals surface area contributed by atoms with Gasteiger partial charge in [-0.15, -0.1) is 12.4 Å². The highest BCUT2D eigenvalue weighted by Crippen LogP contribution is 2.24. The van der Waals surface area contributed by atoms with Crippen molar-refractivity contribution in [3.63, 3.8) is 0 Å². The van der Waals surface area contributed by atoms with Gasteiger partial charge in [0.05, 0.1) is 6.42 Å². The Morgan fingerprint density at radius 3 is 2.52 bits per heavy atom. The van der Waals surface area contributed by atoms with Gasteiger partial charge >= 0.3 is 0 Å². The van der Waals surface area contributed by atoms with E-state index in [1.165, 1.54) is 5.56 Å². The number of amides is 2. The normalized spacial score (nSPS) is 13.4. The number of benzene rings is 2. The first kappa shape index (κ1) is 22.9. The fourth-order valence-electron chi connectivity index (χ4n) is 3.45. The molecule has 0 saturated carbocycles. The van der Waals surface area contributed by atoms with Crippen LogP contribution in [0.3, 0.4) is 0 Å². The SMILES string of the molecule is CC(C)c1ccc(C(N)CNC(=O)CCCc2ccc3c(c2)CC(=O)N3)cc1.Cl. The molecule has 6 heteroatoms. The molecule has 2 aromatic rings. The number of rotatable bonds is 8. The molecule has 1 unspecified atom stereocenters. The number of carbonyl (C=O) groups is 2. The van der Waals surface area contributed by atoms with Crippen molar-refractivity contribution in [3.8, 4) is 0 Å². The quantitative estimate of drug-likeness (QED) is 0.611. The van der Waals surface area contributed by atoms with Crippen molar-refractivity contribution < 1.29 is 9.59 Å². The van der Waals surface area contributed by atoms with Crippen LogP contribution >= 0.6 is 12.4 Å². The predicted molar refractivity (Wildman–Crippen MR) is 119 cm³/mol. The van der Waals surface area contributed by atoms with Crippen LogP contribution in [0.4, 0.5) is 5.69 Å². The van der Waals surface area contributed by atoms with E-state index in [-0.39, 0.29) is 30.3 Å². The first-order valence-corrected chi connectivity index (χ1v) is 9.96. The van der Waals surface area contributed by atoms with Gasteiger partial charge < -0.3 is 16.4 Å². The van der Waals surface area contributed by atoms with Gasteiger partial charge in [-0.25, -0.2) is 0 Å². The first-order valence-electron chi connectivity index (χ1n) is 9.96. The van der Waals surface area contributed by atoms with Crippen molar-refractivity contribution >= 4 is 29.9 Å². The van der Waals surface area contributed by atoms with Crippen LogP contribution in [0.5, 0.6) is 0 Å². The smallest absolute Gasteiger partial charge is 0.228 e. The van der Waals surface area contributed by atoms with Gasteiger partial charge in [0.15, 0.2) is 0 Å². The van der Waals surface area contributed by atoms with Crippen molar-refractivity contribution in [3.05, 3.63) is 64.7 Å².